The molecule has 2 unspecified atom stereocenters. The molecule has 0 bridgehead atoms. The highest BCUT2D eigenvalue weighted by molar-refractivity contribution is 5.76. The third kappa shape index (κ3) is 63.4. The van der Waals surface area contributed by atoms with Crippen molar-refractivity contribution in [1.29, 1.82) is 0 Å². The summed E-state index contributed by atoms with van der Waals surface area (Å²) in [5.41, 5.74) is 0. The number of ether oxygens (including phenoxy) is 1. The maximum atomic E-state index is 12.5. The molecule has 0 aliphatic rings. The van der Waals surface area contributed by atoms with E-state index in [-0.39, 0.29) is 18.5 Å². The van der Waals surface area contributed by atoms with Gasteiger partial charge in [0.15, 0.2) is 0 Å². The highest BCUT2D eigenvalue weighted by Gasteiger charge is 2.18. The van der Waals surface area contributed by atoms with Gasteiger partial charge in [0.05, 0.1) is 25.4 Å². The van der Waals surface area contributed by atoms with Crippen molar-refractivity contribution in [2.24, 2.45) is 0 Å². The Bertz CT molecular complexity index is 1200. The van der Waals surface area contributed by atoms with Crippen LogP contribution in [0, 0.1) is 0 Å². The minimum absolute atomic E-state index is 0.0102. The van der Waals surface area contributed by atoms with Crippen LogP contribution in [0.15, 0.2) is 24.3 Å². The van der Waals surface area contributed by atoms with Crippen molar-refractivity contribution >= 4 is 11.9 Å². The van der Waals surface area contributed by atoms with Crippen LogP contribution in [0.1, 0.15) is 393 Å². The fourth-order valence-electron chi connectivity index (χ4n) is 11.1. The monoisotopic (exact) mass is 1080 g/mol. The molecule has 3 N–H and O–H groups in total. The summed E-state index contributed by atoms with van der Waals surface area (Å²) in [5.74, 6) is -0.0500. The summed E-state index contributed by atoms with van der Waals surface area (Å²) in [5, 5.41) is 23.2. The van der Waals surface area contributed by atoms with E-state index in [4.69, 9.17) is 4.74 Å². The number of hydrogen-bond acceptors (Lipinski definition) is 5. The van der Waals surface area contributed by atoms with Crippen molar-refractivity contribution in [2.75, 3.05) is 13.2 Å². The number of esters is 1. The van der Waals surface area contributed by atoms with E-state index in [0.29, 0.717) is 19.4 Å². The predicted molar refractivity (Wildman–Crippen MR) is 338 cm³/mol. The van der Waals surface area contributed by atoms with E-state index in [1.165, 1.54) is 321 Å². The molecule has 0 radical (unpaired) electrons. The number of aliphatic hydroxyl groups excluding tert-OH is 2. The molecular formula is C71H137NO5. The fraction of sp³-hybridized carbons (Fsp3) is 0.915. The summed E-state index contributed by atoms with van der Waals surface area (Å²) in [6.45, 7) is 4.90. The third-order valence-electron chi connectivity index (χ3n) is 16.5. The molecule has 0 heterocycles. The molecular weight excluding hydrogens is 947 g/mol. The largest absolute Gasteiger partial charge is 0.466 e. The molecule has 0 aromatic carbocycles. The number of carbonyl (C=O) groups is 2. The number of nitrogens with one attached hydrogen (secondary N) is 1. The van der Waals surface area contributed by atoms with Crippen molar-refractivity contribution in [3.05, 3.63) is 24.3 Å². The summed E-state index contributed by atoms with van der Waals surface area (Å²) < 4.78 is 5.47. The van der Waals surface area contributed by atoms with E-state index < -0.39 is 12.1 Å². The summed E-state index contributed by atoms with van der Waals surface area (Å²) in [7, 11) is 0. The Morgan fingerprint density at radius 2 is 0.623 bits per heavy atom. The van der Waals surface area contributed by atoms with Gasteiger partial charge in [0.25, 0.3) is 0 Å². The minimum Gasteiger partial charge on any atom is -0.466 e. The number of carbonyl (C=O) groups excluding carboxylic acids is 2. The van der Waals surface area contributed by atoms with E-state index >= 15 is 0 Å². The van der Waals surface area contributed by atoms with Gasteiger partial charge in [0, 0.05) is 12.8 Å². The molecule has 0 aliphatic carbocycles. The van der Waals surface area contributed by atoms with Crippen LogP contribution in [0.25, 0.3) is 0 Å². The van der Waals surface area contributed by atoms with Gasteiger partial charge in [-0.1, -0.05) is 353 Å². The molecule has 6 heteroatoms. The standard InChI is InChI=1S/C71H137NO5/c1-3-5-7-9-11-13-15-16-17-34-37-40-44-47-51-55-59-63-69(74)68(67-73)72-70(75)64-60-56-52-48-45-41-38-35-32-30-28-26-24-22-20-18-19-21-23-25-27-29-31-33-36-39-42-46-50-54-58-62-66-77-71(76)65-61-57-53-49-43-14-12-10-8-6-4-2/h10,12,59,63,68-69,73-74H,3-9,11,13-58,60-62,64-67H2,1-2H3,(H,72,75)/b12-10-,63-59+. The number of allylic oxidation sites excluding steroid dienone is 3. The Morgan fingerprint density at radius 3 is 0.961 bits per heavy atom. The second kappa shape index (κ2) is 66.8. The van der Waals surface area contributed by atoms with Gasteiger partial charge < -0.3 is 20.3 Å². The maximum Gasteiger partial charge on any atom is 0.305 e. The van der Waals surface area contributed by atoms with Gasteiger partial charge in [0.2, 0.25) is 5.91 Å². The summed E-state index contributed by atoms with van der Waals surface area (Å²) >= 11 is 0. The molecule has 77 heavy (non-hydrogen) atoms. The van der Waals surface area contributed by atoms with Crippen molar-refractivity contribution in [3.63, 3.8) is 0 Å². The third-order valence-corrected chi connectivity index (χ3v) is 16.5. The molecule has 0 fully saturated rings. The lowest BCUT2D eigenvalue weighted by molar-refractivity contribution is -0.143. The summed E-state index contributed by atoms with van der Waals surface area (Å²) in [6, 6.07) is -0.624. The molecule has 0 aromatic rings. The van der Waals surface area contributed by atoms with Gasteiger partial charge in [-0.3, -0.25) is 9.59 Å². The van der Waals surface area contributed by atoms with E-state index in [0.717, 1.165) is 44.9 Å². The van der Waals surface area contributed by atoms with Crippen LogP contribution in [0.3, 0.4) is 0 Å². The van der Waals surface area contributed by atoms with Crippen LogP contribution in [-0.4, -0.2) is 47.4 Å². The Balaban J connectivity index is 3.34. The molecule has 0 aromatic heterocycles. The smallest absolute Gasteiger partial charge is 0.305 e. The Hall–Kier alpha value is -1.66. The fourth-order valence-corrected chi connectivity index (χ4v) is 11.1. The lowest BCUT2D eigenvalue weighted by Gasteiger charge is -2.20. The molecule has 0 aliphatic heterocycles. The van der Waals surface area contributed by atoms with Crippen LogP contribution in [0.5, 0.6) is 0 Å². The minimum atomic E-state index is -0.841. The molecule has 0 saturated carbocycles. The SMILES string of the molecule is CCCC/C=C\CCCCCCCC(=O)OCCCCCCCCCCCCCCCCCCCCCCCCCCCCCCCCCCC(=O)NC(CO)C(O)/C=C/CCCCCCCCCCCCCCCCC. The lowest BCUT2D eigenvalue weighted by Crippen LogP contribution is -2.45. The molecule has 0 rings (SSSR count). The van der Waals surface area contributed by atoms with E-state index in [2.05, 4.69) is 31.3 Å². The zero-order chi connectivity index (χ0) is 55.7. The van der Waals surface area contributed by atoms with Crippen LogP contribution >= 0.6 is 0 Å². The van der Waals surface area contributed by atoms with Gasteiger partial charge in [-0.25, -0.2) is 0 Å². The second-order valence-electron chi connectivity index (χ2n) is 24.2. The average molecular weight is 1080 g/mol. The predicted octanol–water partition coefficient (Wildman–Crippen LogP) is 22.5. The van der Waals surface area contributed by atoms with Gasteiger partial charge in [0.1, 0.15) is 0 Å². The summed E-state index contributed by atoms with van der Waals surface area (Å²) in [4.78, 5) is 24.5. The Labute approximate surface area is 481 Å². The summed E-state index contributed by atoms with van der Waals surface area (Å²) in [6.07, 6.45) is 84.1. The maximum absolute atomic E-state index is 12.5. The van der Waals surface area contributed by atoms with E-state index in [1.807, 2.05) is 6.08 Å². The quantitative estimate of drug-likeness (QED) is 0.0320. The first-order chi connectivity index (χ1) is 38.0. The lowest BCUT2D eigenvalue weighted by atomic mass is 10.0. The van der Waals surface area contributed by atoms with Crippen LogP contribution < -0.4 is 5.32 Å². The zero-order valence-electron chi connectivity index (χ0n) is 52.2. The van der Waals surface area contributed by atoms with Crippen molar-refractivity contribution in [1.82, 2.24) is 5.32 Å². The molecule has 0 spiro atoms. The van der Waals surface area contributed by atoms with Gasteiger partial charge >= 0.3 is 5.97 Å². The molecule has 2 atom stereocenters. The second-order valence-corrected chi connectivity index (χ2v) is 24.2. The van der Waals surface area contributed by atoms with Crippen LogP contribution in [0.4, 0.5) is 0 Å². The first kappa shape index (κ1) is 75.3. The molecule has 1 amide bonds. The number of aliphatic hydroxyl groups is 2. The van der Waals surface area contributed by atoms with E-state index in [1.54, 1.807) is 6.08 Å². The first-order valence-electron chi connectivity index (χ1n) is 35.1. The number of rotatable bonds is 66. The Kier molecular flexibility index (Phi) is 65.4. The first-order valence-corrected chi connectivity index (χ1v) is 35.1. The highest BCUT2D eigenvalue weighted by atomic mass is 16.5. The van der Waals surface area contributed by atoms with Crippen molar-refractivity contribution in [3.8, 4) is 0 Å². The van der Waals surface area contributed by atoms with Crippen molar-refractivity contribution in [2.45, 2.75) is 405 Å². The topological polar surface area (TPSA) is 95.9 Å². The zero-order valence-corrected chi connectivity index (χ0v) is 52.2. The van der Waals surface area contributed by atoms with Crippen molar-refractivity contribution < 1.29 is 24.5 Å². The van der Waals surface area contributed by atoms with Crippen LogP contribution in [-0.2, 0) is 14.3 Å². The van der Waals surface area contributed by atoms with Crippen LogP contribution in [0.2, 0.25) is 0 Å². The molecule has 456 valence electrons. The highest BCUT2D eigenvalue weighted by Crippen LogP contribution is 2.19. The normalized spacial score (nSPS) is 12.6. The average Bonchev–Trinajstić information content (AvgIpc) is 3.43. The number of unbranched alkanes of at least 4 members (excludes halogenated alkanes) is 53. The number of hydrogen-bond donors (Lipinski definition) is 3. The number of amides is 1. The van der Waals surface area contributed by atoms with E-state index in [9.17, 15) is 19.8 Å². The molecule has 0 saturated heterocycles. The van der Waals surface area contributed by atoms with Gasteiger partial charge in [-0.05, 0) is 51.4 Å². The molecule has 6 nitrogen and oxygen atoms in total. The van der Waals surface area contributed by atoms with Gasteiger partial charge in [-0.15, -0.1) is 0 Å². The Morgan fingerprint density at radius 1 is 0.351 bits per heavy atom. The van der Waals surface area contributed by atoms with Gasteiger partial charge in [-0.2, -0.15) is 0 Å².